The van der Waals surface area contributed by atoms with E-state index in [2.05, 4.69) is 15.9 Å². The number of halogens is 1. The van der Waals surface area contributed by atoms with E-state index >= 15 is 0 Å². The summed E-state index contributed by atoms with van der Waals surface area (Å²) in [5.74, 6) is 0.129. The molecule has 0 fully saturated rings. The Balaban J connectivity index is 2.62. The van der Waals surface area contributed by atoms with E-state index in [1.807, 2.05) is 0 Å². The van der Waals surface area contributed by atoms with Gasteiger partial charge in [-0.15, -0.1) is 0 Å². The zero-order valence-corrected chi connectivity index (χ0v) is 9.49. The number of amides is 1. The van der Waals surface area contributed by atoms with Crippen LogP contribution in [-0.4, -0.2) is 18.8 Å². The molecule has 5 heteroatoms. The lowest BCUT2D eigenvalue weighted by molar-refractivity contribution is -0.118. The van der Waals surface area contributed by atoms with Crippen LogP contribution in [0, 0.1) is 0 Å². The van der Waals surface area contributed by atoms with Gasteiger partial charge in [-0.1, -0.05) is 15.9 Å². The molecule has 0 aliphatic rings. The Hall–Kier alpha value is -1.36. The van der Waals surface area contributed by atoms with E-state index in [0.29, 0.717) is 15.8 Å². The summed E-state index contributed by atoms with van der Waals surface area (Å²) in [6.45, 7) is 0.218. The molecule has 0 aliphatic heterocycles. The third kappa shape index (κ3) is 3.71. The van der Waals surface area contributed by atoms with Crippen molar-refractivity contribution in [2.75, 3.05) is 6.61 Å². The molecule has 0 aromatic heterocycles. The minimum absolute atomic E-state index is 0.159. The first-order chi connectivity index (χ1) is 7.13. The number of ether oxygens (including phenoxy) is 1. The highest BCUT2D eigenvalue weighted by atomic mass is 79.9. The Labute approximate surface area is 95.5 Å². The highest BCUT2D eigenvalue weighted by Crippen LogP contribution is 2.21. The lowest BCUT2D eigenvalue weighted by Gasteiger charge is -2.05. The van der Waals surface area contributed by atoms with E-state index in [4.69, 9.17) is 10.5 Å². The highest BCUT2D eigenvalue weighted by Gasteiger charge is 2.02. The van der Waals surface area contributed by atoms with Crippen LogP contribution in [0.1, 0.15) is 16.8 Å². The van der Waals surface area contributed by atoms with Crippen LogP contribution in [0.15, 0.2) is 22.7 Å². The molecule has 1 aromatic rings. The van der Waals surface area contributed by atoms with Crippen LogP contribution < -0.4 is 10.5 Å². The Bertz CT molecular complexity index is 379. The molecule has 0 atom stereocenters. The number of rotatable bonds is 5. The Morgan fingerprint density at radius 3 is 2.87 bits per heavy atom. The highest BCUT2D eigenvalue weighted by molar-refractivity contribution is 9.10. The topological polar surface area (TPSA) is 69.4 Å². The summed E-state index contributed by atoms with van der Waals surface area (Å²) in [6, 6.07) is 5.01. The number of carbonyl (C=O) groups is 2. The van der Waals surface area contributed by atoms with E-state index in [1.165, 1.54) is 0 Å². The molecule has 1 amide bonds. The number of primary amides is 1. The summed E-state index contributed by atoms with van der Waals surface area (Å²) < 4.78 is 5.94. The van der Waals surface area contributed by atoms with Crippen LogP contribution in [0.25, 0.3) is 0 Å². The number of hydrogen-bond acceptors (Lipinski definition) is 3. The number of carbonyl (C=O) groups excluding carboxylic acids is 2. The third-order valence-electron chi connectivity index (χ3n) is 1.71. The molecule has 0 bridgehead atoms. The normalized spacial score (nSPS) is 9.67. The average molecular weight is 272 g/mol. The summed E-state index contributed by atoms with van der Waals surface area (Å²) in [6.07, 6.45) is 0.886. The second-order valence-electron chi connectivity index (χ2n) is 2.87. The molecule has 0 spiro atoms. The van der Waals surface area contributed by atoms with Crippen molar-refractivity contribution < 1.29 is 14.3 Å². The minimum atomic E-state index is -0.414. The maximum atomic E-state index is 10.6. The third-order valence-corrected chi connectivity index (χ3v) is 2.43. The SMILES string of the molecule is NC(=O)CCOc1ccc(Br)c(C=O)c1. The van der Waals surface area contributed by atoms with E-state index in [9.17, 15) is 9.59 Å². The Kier molecular flexibility index (Phi) is 4.30. The first-order valence-corrected chi connectivity index (χ1v) is 5.08. The Morgan fingerprint density at radius 1 is 1.53 bits per heavy atom. The summed E-state index contributed by atoms with van der Waals surface area (Å²) >= 11 is 3.22. The quantitative estimate of drug-likeness (QED) is 0.826. The van der Waals surface area contributed by atoms with Gasteiger partial charge in [0.1, 0.15) is 5.75 Å². The first kappa shape index (κ1) is 11.7. The monoisotopic (exact) mass is 271 g/mol. The summed E-state index contributed by atoms with van der Waals surface area (Å²) in [7, 11) is 0. The van der Waals surface area contributed by atoms with E-state index in [-0.39, 0.29) is 13.0 Å². The van der Waals surface area contributed by atoms with Crippen molar-refractivity contribution in [3.8, 4) is 5.75 Å². The van der Waals surface area contributed by atoms with Crippen molar-refractivity contribution in [3.63, 3.8) is 0 Å². The molecule has 0 radical (unpaired) electrons. The fraction of sp³-hybridized carbons (Fsp3) is 0.200. The second-order valence-corrected chi connectivity index (χ2v) is 3.72. The van der Waals surface area contributed by atoms with Crippen molar-refractivity contribution in [2.24, 2.45) is 5.73 Å². The van der Waals surface area contributed by atoms with Gasteiger partial charge in [0.2, 0.25) is 5.91 Å². The zero-order chi connectivity index (χ0) is 11.3. The predicted molar refractivity (Wildman–Crippen MR) is 58.8 cm³/mol. The van der Waals surface area contributed by atoms with Gasteiger partial charge in [0.15, 0.2) is 6.29 Å². The van der Waals surface area contributed by atoms with Gasteiger partial charge in [0.25, 0.3) is 0 Å². The molecule has 0 heterocycles. The van der Waals surface area contributed by atoms with Crippen LogP contribution in [0.2, 0.25) is 0 Å². The van der Waals surface area contributed by atoms with E-state index in [1.54, 1.807) is 18.2 Å². The number of benzene rings is 1. The van der Waals surface area contributed by atoms with Gasteiger partial charge in [0.05, 0.1) is 13.0 Å². The fourth-order valence-corrected chi connectivity index (χ4v) is 1.31. The molecular weight excluding hydrogens is 262 g/mol. The number of aldehydes is 1. The first-order valence-electron chi connectivity index (χ1n) is 4.29. The number of hydrogen-bond donors (Lipinski definition) is 1. The molecule has 0 unspecified atom stereocenters. The smallest absolute Gasteiger partial charge is 0.220 e. The zero-order valence-electron chi connectivity index (χ0n) is 7.90. The van der Waals surface area contributed by atoms with Crippen LogP contribution in [-0.2, 0) is 4.79 Å². The molecule has 0 saturated heterocycles. The van der Waals surface area contributed by atoms with Crippen LogP contribution in [0.3, 0.4) is 0 Å². The summed E-state index contributed by atoms with van der Waals surface area (Å²) in [5, 5.41) is 0. The molecule has 1 rings (SSSR count). The van der Waals surface area contributed by atoms with Crippen molar-refractivity contribution in [1.29, 1.82) is 0 Å². The average Bonchev–Trinajstić information content (AvgIpc) is 2.20. The largest absolute Gasteiger partial charge is 0.493 e. The molecule has 0 aliphatic carbocycles. The lowest BCUT2D eigenvalue weighted by Crippen LogP contribution is -2.14. The Morgan fingerprint density at radius 2 is 2.27 bits per heavy atom. The van der Waals surface area contributed by atoms with Crippen LogP contribution >= 0.6 is 15.9 Å². The van der Waals surface area contributed by atoms with Gasteiger partial charge in [-0.05, 0) is 18.2 Å². The fourth-order valence-electron chi connectivity index (χ4n) is 0.971. The molecule has 2 N–H and O–H groups in total. The van der Waals surface area contributed by atoms with Gasteiger partial charge in [-0.2, -0.15) is 0 Å². The summed E-state index contributed by atoms with van der Waals surface area (Å²) in [5.41, 5.74) is 5.46. The van der Waals surface area contributed by atoms with Gasteiger partial charge in [-0.3, -0.25) is 9.59 Å². The minimum Gasteiger partial charge on any atom is -0.493 e. The predicted octanol–water partition coefficient (Wildman–Crippen LogP) is 1.52. The van der Waals surface area contributed by atoms with Crippen LogP contribution in [0.4, 0.5) is 0 Å². The standard InChI is InChI=1S/C10H10BrNO3/c11-9-2-1-8(5-7(9)6-13)15-4-3-10(12)14/h1-2,5-6H,3-4H2,(H2,12,14). The molecule has 1 aromatic carbocycles. The van der Waals surface area contributed by atoms with E-state index < -0.39 is 5.91 Å². The molecular formula is C10H10BrNO3. The van der Waals surface area contributed by atoms with Crippen molar-refractivity contribution >= 4 is 28.1 Å². The van der Waals surface area contributed by atoms with Crippen molar-refractivity contribution in [1.82, 2.24) is 0 Å². The summed E-state index contributed by atoms with van der Waals surface area (Å²) in [4.78, 5) is 21.0. The number of nitrogens with two attached hydrogens (primary N) is 1. The van der Waals surface area contributed by atoms with Gasteiger partial charge in [0, 0.05) is 10.0 Å². The maximum absolute atomic E-state index is 10.6. The second kappa shape index (κ2) is 5.50. The molecule has 80 valence electrons. The molecule has 15 heavy (non-hydrogen) atoms. The maximum Gasteiger partial charge on any atom is 0.220 e. The molecule has 4 nitrogen and oxygen atoms in total. The van der Waals surface area contributed by atoms with Gasteiger partial charge in [-0.25, -0.2) is 0 Å². The van der Waals surface area contributed by atoms with Crippen molar-refractivity contribution in [2.45, 2.75) is 6.42 Å². The molecule has 0 saturated carbocycles. The lowest BCUT2D eigenvalue weighted by atomic mass is 10.2. The van der Waals surface area contributed by atoms with Gasteiger partial charge < -0.3 is 10.5 Å². The van der Waals surface area contributed by atoms with Crippen molar-refractivity contribution in [3.05, 3.63) is 28.2 Å². The van der Waals surface area contributed by atoms with Gasteiger partial charge >= 0.3 is 0 Å². The van der Waals surface area contributed by atoms with Crippen LogP contribution in [0.5, 0.6) is 5.75 Å². The van der Waals surface area contributed by atoms with E-state index in [0.717, 1.165) is 6.29 Å².